The van der Waals surface area contributed by atoms with E-state index >= 15 is 0 Å². The molecule has 6 nitrogen and oxygen atoms in total. The van der Waals surface area contributed by atoms with E-state index in [-0.39, 0.29) is 17.7 Å². The molecule has 1 heterocycles. The third kappa shape index (κ3) is 2.89. The standard InChI is InChI=1S/C14H18N2O4/c1-9(2)20-14-7-11-4-5-15(10(3)17)8-12(11)6-13(14)16(18)19/h6-7,9H,4-5,8H2,1-3H3. The molecule has 0 saturated carbocycles. The van der Waals surface area contributed by atoms with Crippen molar-refractivity contribution in [1.29, 1.82) is 0 Å². The Labute approximate surface area is 117 Å². The van der Waals surface area contributed by atoms with Crippen molar-refractivity contribution in [3.05, 3.63) is 33.4 Å². The smallest absolute Gasteiger partial charge is 0.311 e. The predicted molar refractivity (Wildman–Crippen MR) is 73.7 cm³/mol. The average Bonchev–Trinajstić information content (AvgIpc) is 2.36. The lowest BCUT2D eigenvalue weighted by Crippen LogP contribution is -2.34. The Morgan fingerprint density at radius 3 is 2.65 bits per heavy atom. The molecular formula is C14H18N2O4. The first-order valence-corrected chi connectivity index (χ1v) is 6.61. The van der Waals surface area contributed by atoms with Crippen LogP contribution in [0.25, 0.3) is 0 Å². The van der Waals surface area contributed by atoms with Crippen molar-refractivity contribution in [2.24, 2.45) is 0 Å². The van der Waals surface area contributed by atoms with E-state index in [0.717, 1.165) is 11.1 Å². The normalized spacial score (nSPS) is 14.1. The summed E-state index contributed by atoms with van der Waals surface area (Å²) in [4.78, 5) is 23.8. The molecular weight excluding hydrogens is 260 g/mol. The van der Waals surface area contributed by atoms with Gasteiger partial charge in [0.05, 0.1) is 11.0 Å². The van der Waals surface area contributed by atoms with Crippen molar-refractivity contribution >= 4 is 11.6 Å². The Balaban J connectivity index is 2.40. The summed E-state index contributed by atoms with van der Waals surface area (Å²) >= 11 is 0. The van der Waals surface area contributed by atoms with E-state index in [4.69, 9.17) is 4.74 Å². The molecule has 0 fully saturated rings. The van der Waals surface area contributed by atoms with E-state index in [0.29, 0.717) is 25.3 Å². The van der Waals surface area contributed by atoms with Gasteiger partial charge < -0.3 is 9.64 Å². The molecule has 1 aliphatic heterocycles. The fourth-order valence-electron chi connectivity index (χ4n) is 2.33. The van der Waals surface area contributed by atoms with E-state index < -0.39 is 4.92 Å². The van der Waals surface area contributed by atoms with E-state index in [1.54, 1.807) is 11.0 Å². The molecule has 2 rings (SSSR count). The van der Waals surface area contributed by atoms with Gasteiger partial charge in [-0.15, -0.1) is 0 Å². The average molecular weight is 278 g/mol. The van der Waals surface area contributed by atoms with Gasteiger partial charge in [-0.2, -0.15) is 0 Å². The maximum atomic E-state index is 11.4. The molecule has 108 valence electrons. The quantitative estimate of drug-likeness (QED) is 0.628. The number of hydrogen-bond acceptors (Lipinski definition) is 4. The maximum Gasteiger partial charge on any atom is 0.311 e. The molecule has 20 heavy (non-hydrogen) atoms. The van der Waals surface area contributed by atoms with E-state index in [1.165, 1.54) is 13.0 Å². The molecule has 0 N–H and O–H groups in total. The highest BCUT2D eigenvalue weighted by Crippen LogP contribution is 2.34. The molecule has 1 aromatic rings. The zero-order valence-electron chi connectivity index (χ0n) is 11.9. The highest BCUT2D eigenvalue weighted by molar-refractivity contribution is 5.73. The molecule has 6 heteroatoms. The van der Waals surface area contributed by atoms with Gasteiger partial charge in [0.1, 0.15) is 0 Å². The van der Waals surface area contributed by atoms with Gasteiger partial charge in [-0.05, 0) is 37.5 Å². The Kier molecular flexibility index (Phi) is 3.92. The molecule has 0 spiro atoms. The molecule has 1 aliphatic rings. The fourth-order valence-corrected chi connectivity index (χ4v) is 2.33. The van der Waals surface area contributed by atoms with Crippen LogP contribution in [0.15, 0.2) is 12.1 Å². The summed E-state index contributed by atoms with van der Waals surface area (Å²) in [6, 6.07) is 3.27. The Hall–Kier alpha value is -2.11. The molecule has 1 aromatic carbocycles. The highest BCUT2D eigenvalue weighted by Gasteiger charge is 2.25. The van der Waals surface area contributed by atoms with Crippen molar-refractivity contribution in [2.75, 3.05) is 6.54 Å². The summed E-state index contributed by atoms with van der Waals surface area (Å²) < 4.78 is 5.52. The number of amides is 1. The summed E-state index contributed by atoms with van der Waals surface area (Å²) in [7, 11) is 0. The lowest BCUT2D eigenvalue weighted by atomic mass is 9.98. The maximum absolute atomic E-state index is 11.4. The van der Waals surface area contributed by atoms with Gasteiger partial charge >= 0.3 is 5.69 Å². The van der Waals surface area contributed by atoms with Gasteiger partial charge in [-0.25, -0.2) is 0 Å². The van der Waals surface area contributed by atoms with Gasteiger partial charge in [0.2, 0.25) is 5.91 Å². The van der Waals surface area contributed by atoms with E-state index in [9.17, 15) is 14.9 Å². The summed E-state index contributed by atoms with van der Waals surface area (Å²) in [6.45, 7) is 6.24. The third-order valence-electron chi connectivity index (χ3n) is 3.30. The van der Waals surface area contributed by atoms with Gasteiger partial charge in [-0.1, -0.05) is 0 Å². The zero-order chi connectivity index (χ0) is 14.9. The number of fused-ring (bicyclic) bond motifs is 1. The van der Waals surface area contributed by atoms with Crippen molar-refractivity contribution in [3.63, 3.8) is 0 Å². The first-order chi connectivity index (χ1) is 9.38. The summed E-state index contributed by atoms with van der Waals surface area (Å²) in [5.74, 6) is 0.292. The lowest BCUT2D eigenvalue weighted by Gasteiger charge is -2.28. The Bertz CT molecular complexity index is 554. The number of nitro groups is 1. The number of nitro benzene ring substituents is 1. The molecule has 0 aromatic heterocycles. The molecule has 0 radical (unpaired) electrons. The predicted octanol–water partition coefficient (Wildman–Crippen LogP) is 2.29. The topological polar surface area (TPSA) is 72.7 Å². The Morgan fingerprint density at radius 1 is 1.40 bits per heavy atom. The molecule has 0 unspecified atom stereocenters. The van der Waals surface area contributed by atoms with Crippen LogP contribution in [0.2, 0.25) is 0 Å². The van der Waals surface area contributed by atoms with Crippen LogP contribution < -0.4 is 4.74 Å². The molecule has 1 amide bonds. The van der Waals surface area contributed by atoms with Crippen LogP contribution in [0.4, 0.5) is 5.69 Å². The SMILES string of the molecule is CC(=O)N1CCc2cc(OC(C)C)c([N+](=O)[O-])cc2C1. The van der Waals surface area contributed by atoms with Crippen molar-refractivity contribution in [2.45, 2.75) is 39.8 Å². The lowest BCUT2D eigenvalue weighted by molar-refractivity contribution is -0.386. The van der Waals surface area contributed by atoms with E-state index in [2.05, 4.69) is 0 Å². The Morgan fingerprint density at radius 2 is 2.10 bits per heavy atom. The van der Waals surface area contributed by atoms with Crippen molar-refractivity contribution in [3.8, 4) is 5.75 Å². The van der Waals surface area contributed by atoms with Crippen LogP contribution in [-0.2, 0) is 17.8 Å². The van der Waals surface area contributed by atoms with Crippen molar-refractivity contribution < 1.29 is 14.5 Å². The van der Waals surface area contributed by atoms with Crippen LogP contribution in [0, 0.1) is 10.1 Å². The van der Waals surface area contributed by atoms with Crippen LogP contribution in [0.1, 0.15) is 31.9 Å². The number of nitrogens with zero attached hydrogens (tertiary/aromatic N) is 2. The van der Waals surface area contributed by atoms with Gasteiger partial charge in [-0.3, -0.25) is 14.9 Å². The second-order valence-corrected chi connectivity index (χ2v) is 5.20. The minimum absolute atomic E-state index is 0.0131. The number of carbonyl (C=O) groups excluding carboxylic acids is 1. The van der Waals surface area contributed by atoms with Gasteiger partial charge in [0, 0.05) is 26.1 Å². The molecule has 0 saturated heterocycles. The van der Waals surface area contributed by atoms with E-state index in [1.807, 2.05) is 13.8 Å². The molecule has 0 aliphatic carbocycles. The van der Waals surface area contributed by atoms with Crippen LogP contribution in [0.3, 0.4) is 0 Å². The number of ether oxygens (including phenoxy) is 1. The number of hydrogen-bond donors (Lipinski definition) is 0. The monoisotopic (exact) mass is 278 g/mol. The summed E-state index contributed by atoms with van der Waals surface area (Å²) in [5.41, 5.74) is 1.81. The second kappa shape index (κ2) is 5.48. The highest BCUT2D eigenvalue weighted by atomic mass is 16.6. The van der Waals surface area contributed by atoms with Crippen molar-refractivity contribution in [1.82, 2.24) is 4.90 Å². The third-order valence-corrected chi connectivity index (χ3v) is 3.30. The summed E-state index contributed by atoms with van der Waals surface area (Å²) in [6.07, 6.45) is 0.575. The summed E-state index contributed by atoms with van der Waals surface area (Å²) in [5, 5.41) is 11.1. The largest absolute Gasteiger partial charge is 0.484 e. The first-order valence-electron chi connectivity index (χ1n) is 6.61. The molecule has 0 atom stereocenters. The fraction of sp³-hybridized carbons (Fsp3) is 0.500. The zero-order valence-corrected chi connectivity index (χ0v) is 11.9. The molecule has 0 bridgehead atoms. The van der Waals surface area contributed by atoms with Crippen LogP contribution in [-0.4, -0.2) is 28.4 Å². The van der Waals surface area contributed by atoms with Crippen LogP contribution >= 0.6 is 0 Å². The number of carbonyl (C=O) groups is 1. The minimum Gasteiger partial charge on any atom is -0.484 e. The van der Waals surface area contributed by atoms with Gasteiger partial charge in [0.15, 0.2) is 5.75 Å². The van der Waals surface area contributed by atoms with Gasteiger partial charge in [0.25, 0.3) is 0 Å². The second-order valence-electron chi connectivity index (χ2n) is 5.20. The first kappa shape index (κ1) is 14.3. The van der Waals surface area contributed by atoms with Crippen LogP contribution in [0.5, 0.6) is 5.75 Å². The number of benzene rings is 1. The minimum atomic E-state index is -0.440. The number of rotatable bonds is 3.